The van der Waals surface area contributed by atoms with Gasteiger partial charge in [0.1, 0.15) is 17.2 Å². The van der Waals surface area contributed by atoms with Crippen molar-refractivity contribution < 1.29 is 4.42 Å². The van der Waals surface area contributed by atoms with Gasteiger partial charge in [-0.25, -0.2) is 4.98 Å². The largest absolute Gasteiger partial charge is 0.459 e. The van der Waals surface area contributed by atoms with Crippen molar-refractivity contribution in [1.82, 2.24) is 9.36 Å². The number of anilines is 1. The summed E-state index contributed by atoms with van der Waals surface area (Å²) in [6.07, 6.45) is 0.864. The minimum absolute atomic E-state index is 0.125. The second kappa shape index (κ2) is 5.25. The zero-order valence-electron chi connectivity index (χ0n) is 11.8. The molecule has 0 amide bonds. The summed E-state index contributed by atoms with van der Waals surface area (Å²) in [5.41, 5.74) is 0.925. The maximum atomic E-state index is 5.92. The molecular formula is C15H17N3OS. The van der Waals surface area contributed by atoms with E-state index in [1.807, 2.05) is 25.2 Å². The standard InChI is InChI=1S/C15H17N3OS/c1-4-14-16-15(20-17-14)18(3)10(2)13-9-11-7-5-6-8-12(11)19-13/h5-10H,4H2,1-3H3. The van der Waals surface area contributed by atoms with Crippen LogP contribution in [0.4, 0.5) is 5.13 Å². The molecule has 0 saturated carbocycles. The molecule has 0 radical (unpaired) electrons. The molecule has 5 heteroatoms. The molecule has 1 aromatic carbocycles. The molecule has 3 aromatic rings. The van der Waals surface area contributed by atoms with Gasteiger partial charge in [0.05, 0.1) is 6.04 Å². The Morgan fingerprint density at radius 2 is 2.15 bits per heavy atom. The summed E-state index contributed by atoms with van der Waals surface area (Å²) in [5, 5.41) is 2.06. The van der Waals surface area contributed by atoms with E-state index in [0.29, 0.717) is 0 Å². The smallest absolute Gasteiger partial charge is 0.205 e. The summed E-state index contributed by atoms with van der Waals surface area (Å²) in [7, 11) is 2.03. The van der Waals surface area contributed by atoms with Gasteiger partial charge >= 0.3 is 0 Å². The molecule has 1 atom stereocenters. The Kier molecular flexibility index (Phi) is 3.44. The van der Waals surface area contributed by atoms with Crippen LogP contribution in [0, 0.1) is 0 Å². The molecule has 0 aliphatic carbocycles. The number of fused-ring (bicyclic) bond motifs is 1. The highest BCUT2D eigenvalue weighted by Gasteiger charge is 2.19. The van der Waals surface area contributed by atoms with Crippen LogP contribution in [-0.2, 0) is 6.42 Å². The number of aromatic nitrogens is 2. The predicted molar refractivity (Wildman–Crippen MR) is 82.3 cm³/mol. The maximum Gasteiger partial charge on any atom is 0.205 e. The first kappa shape index (κ1) is 13.1. The zero-order valence-corrected chi connectivity index (χ0v) is 12.6. The molecule has 20 heavy (non-hydrogen) atoms. The molecule has 0 bridgehead atoms. The molecule has 0 aliphatic heterocycles. The van der Waals surface area contributed by atoms with Crippen molar-refractivity contribution in [3.8, 4) is 0 Å². The Bertz CT molecular complexity index is 686. The lowest BCUT2D eigenvalue weighted by molar-refractivity contribution is 0.501. The Hall–Kier alpha value is -1.88. The fraction of sp³-hybridized carbons (Fsp3) is 0.333. The van der Waals surface area contributed by atoms with E-state index in [1.54, 1.807) is 0 Å². The van der Waals surface area contributed by atoms with E-state index >= 15 is 0 Å². The Labute approximate surface area is 122 Å². The molecule has 3 rings (SSSR count). The van der Waals surface area contributed by atoms with Crippen LogP contribution >= 0.6 is 11.5 Å². The van der Waals surface area contributed by atoms with Crippen molar-refractivity contribution in [2.45, 2.75) is 26.3 Å². The highest BCUT2D eigenvalue weighted by molar-refractivity contribution is 7.09. The lowest BCUT2D eigenvalue weighted by Gasteiger charge is -2.21. The molecule has 0 fully saturated rings. The van der Waals surface area contributed by atoms with Crippen molar-refractivity contribution in [3.05, 3.63) is 41.9 Å². The molecule has 1 unspecified atom stereocenters. The van der Waals surface area contributed by atoms with Gasteiger partial charge in [-0.1, -0.05) is 25.1 Å². The van der Waals surface area contributed by atoms with E-state index < -0.39 is 0 Å². The third-order valence-corrected chi connectivity index (χ3v) is 4.36. The van der Waals surface area contributed by atoms with E-state index in [4.69, 9.17) is 4.42 Å². The van der Waals surface area contributed by atoms with Crippen molar-refractivity contribution in [2.24, 2.45) is 0 Å². The van der Waals surface area contributed by atoms with Crippen LogP contribution in [0.25, 0.3) is 11.0 Å². The van der Waals surface area contributed by atoms with Crippen LogP contribution in [0.1, 0.15) is 31.5 Å². The van der Waals surface area contributed by atoms with Crippen LogP contribution in [0.5, 0.6) is 0 Å². The number of para-hydroxylation sites is 1. The number of benzene rings is 1. The average Bonchev–Trinajstić information content (AvgIpc) is 3.11. The van der Waals surface area contributed by atoms with Crippen molar-refractivity contribution in [3.63, 3.8) is 0 Å². The second-order valence-corrected chi connectivity index (χ2v) is 5.55. The first-order valence-electron chi connectivity index (χ1n) is 6.73. The number of rotatable bonds is 4. The molecule has 0 aliphatic rings. The van der Waals surface area contributed by atoms with Gasteiger partial charge in [0, 0.05) is 30.4 Å². The summed E-state index contributed by atoms with van der Waals surface area (Å²) >= 11 is 1.44. The fourth-order valence-electron chi connectivity index (χ4n) is 2.10. The quantitative estimate of drug-likeness (QED) is 0.726. The van der Waals surface area contributed by atoms with Gasteiger partial charge in [-0.2, -0.15) is 4.37 Å². The molecule has 4 nitrogen and oxygen atoms in total. The van der Waals surface area contributed by atoms with E-state index in [0.717, 1.165) is 34.1 Å². The minimum Gasteiger partial charge on any atom is -0.459 e. The highest BCUT2D eigenvalue weighted by atomic mass is 32.1. The number of furan rings is 1. The Morgan fingerprint density at radius 3 is 2.85 bits per heavy atom. The van der Waals surface area contributed by atoms with Gasteiger partial charge < -0.3 is 9.32 Å². The fourth-order valence-corrected chi connectivity index (χ4v) is 2.89. The number of nitrogens with zero attached hydrogens (tertiary/aromatic N) is 3. The van der Waals surface area contributed by atoms with E-state index in [9.17, 15) is 0 Å². The van der Waals surface area contributed by atoms with Gasteiger partial charge in [0.15, 0.2) is 0 Å². The number of hydrogen-bond donors (Lipinski definition) is 0. The van der Waals surface area contributed by atoms with Gasteiger partial charge in [-0.05, 0) is 19.1 Å². The van der Waals surface area contributed by atoms with Crippen LogP contribution in [0.15, 0.2) is 34.7 Å². The molecular weight excluding hydrogens is 270 g/mol. The first-order chi connectivity index (χ1) is 9.69. The topological polar surface area (TPSA) is 42.2 Å². The van der Waals surface area contributed by atoms with Crippen molar-refractivity contribution in [2.75, 3.05) is 11.9 Å². The van der Waals surface area contributed by atoms with Crippen molar-refractivity contribution in [1.29, 1.82) is 0 Å². The summed E-state index contributed by atoms with van der Waals surface area (Å²) in [4.78, 5) is 6.63. The SMILES string of the molecule is CCc1nsc(N(C)C(C)c2cc3ccccc3o2)n1. The monoisotopic (exact) mass is 287 g/mol. The van der Waals surface area contributed by atoms with Gasteiger partial charge in [-0.3, -0.25) is 0 Å². The Morgan fingerprint density at radius 1 is 1.35 bits per heavy atom. The summed E-state index contributed by atoms with van der Waals surface area (Å²) in [5.74, 6) is 1.84. The van der Waals surface area contributed by atoms with Crippen LogP contribution in [0.3, 0.4) is 0 Å². The zero-order chi connectivity index (χ0) is 14.1. The van der Waals surface area contributed by atoms with Crippen molar-refractivity contribution >= 4 is 27.6 Å². The molecule has 0 saturated heterocycles. The Balaban J connectivity index is 1.88. The second-order valence-electron chi connectivity index (χ2n) is 4.82. The van der Waals surface area contributed by atoms with E-state index in [2.05, 4.69) is 40.2 Å². The summed E-state index contributed by atoms with van der Waals surface area (Å²) < 4.78 is 10.3. The normalized spacial score (nSPS) is 12.8. The summed E-state index contributed by atoms with van der Waals surface area (Å²) in [6.45, 7) is 4.18. The van der Waals surface area contributed by atoms with Gasteiger partial charge in [0.25, 0.3) is 0 Å². The predicted octanol–water partition coefficient (Wildman–Crippen LogP) is 4.04. The molecule has 104 valence electrons. The lowest BCUT2D eigenvalue weighted by atomic mass is 10.2. The minimum atomic E-state index is 0.125. The number of aryl methyl sites for hydroxylation is 1. The number of hydrogen-bond acceptors (Lipinski definition) is 5. The third-order valence-electron chi connectivity index (χ3n) is 3.51. The van der Waals surface area contributed by atoms with E-state index in [1.165, 1.54) is 11.5 Å². The van der Waals surface area contributed by atoms with Crippen LogP contribution in [-0.4, -0.2) is 16.4 Å². The van der Waals surface area contributed by atoms with Gasteiger partial charge in [-0.15, -0.1) is 0 Å². The average molecular weight is 287 g/mol. The lowest BCUT2D eigenvalue weighted by Crippen LogP contribution is -2.21. The highest BCUT2D eigenvalue weighted by Crippen LogP contribution is 2.30. The maximum absolute atomic E-state index is 5.92. The molecule has 0 spiro atoms. The molecule has 2 heterocycles. The van der Waals surface area contributed by atoms with Crippen LogP contribution in [0.2, 0.25) is 0 Å². The van der Waals surface area contributed by atoms with Gasteiger partial charge in [0.2, 0.25) is 5.13 Å². The molecule has 2 aromatic heterocycles. The summed E-state index contributed by atoms with van der Waals surface area (Å²) in [6, 6.07) is 10.3. The van der Waals surface area contributed by atoms with Crippen LogP contribution < -0.4 is 4.90 Å². The third kappa shape index (κ3) is 2.29. The first-order valence-corrected chi connectivity index (χ1v) is 7.50. The van der Waals surface area contributed by atoms with E-state index in [-0.39, 0.29) is 6.04 Å². The molecule has 0 N–H and O–H groups in total.